The number of carbonyl (C=O) groups is 2. The monoisotopic (exact) mass is 418 g/mol. The van der Waals surface area contributed by atoms with Crippen LogP contribution in [-0.2, 0) is 0 Å². The smallest absolute Gasteiger partial charge is 0.327 e. The summed E-state index contributed by atoms with van der Waals surface area (Å²) in [5, 5.41) is 30.4. The average molecular weight is 418 g/mol. The molecule has 154 valence electrons. The van der Waals surface area contributed by atoms with E-state index in [1.165, 1.54) is 6.33 Å². The first-order valence-electron chi connectivity index (χ1n) is 8.83. The highest BCUT2D eigenvalue weighted by Crippen LogP contribution is 2.32. The number of nitrogens with one attached hydrogen (secondary N) is 2. The number of hydrogen-bond donors (Lipinski definition) is 2. The predicted octanol–water partition coefficient (Wildman–Crippen LogP) is 2.45. The summed E-state index contributed by atoms with van der Waals surface area (Å²) in [5.74, 6) is -0.195. The number of H-pyrrole nitrogens is 1. The lowest BCUT2D eigenvalue weighted by Crippen LogP contribution is -2.17. The van der Waals surface area contributed by atoms with Crippen molar-refractivity contribution in [2.45, 2.75) is 26.3 Å². The summed E-state index contributed by atoms with van der Waals surface area (Å²) in [7, 11) is 0. The first-order valence-corrected chi connectivity index (χ1v) is 8.83. The first-order chi connectivity index (χ1) is 15.1. The molecule has 0 radical (unpaired) electrons. The zero-order valence-electron chi connectivity index (χ0n) is 16.3. The van der Waals surface area contributed by atoms with Crippen molar-refractivity contribution in [1.29, 1.82) is 5.26 Å². The van der Waals surface area contributed by atoms with E-state index in [-0.39, 0.29) is 52.2 Å². The molecule has 0 spiro atoms. The number of nitrogens with zero attached hydrogens (tertiary/aromatic N) is 10. The molecule has 14 nitrogen and oxygen atoms in total. The Balaban J connectivity index is 2.08. The van der Waals surface area contributed by atoms with Gasteiger partial charge in [0, 0.05) is 6.04 Å². The Bertz CT molecular complexity index is 1200. The zero-order chi connectivity index (χ0) is 22.4. The van der Waals surface area contributed by atoms with Crippen LogP contribution in [0, 0.1) is 17.9 Å². The van der Waals surface area contributed by atoms with Crippen LogP contribution in [0.1, 0.15) is 46.8 Å². The number of hydrogen-bond acceptors (Lipinski definition) is 11. The van der Waals surface area contributed by atoms with Crippen LogP contribution in [0.4, 0.5) is 23.3 Å². The molecule has 0 amide bonds. The minimum absolute atomic E-state index is 0.0109. The highest BCUT2D eigenvalue weighted by atomic mass is 16.1. The van der Waals surface area contributed by atoms with Gasteiger partial charge in [0.15, 0.2) is 12.6 Å². The lowest BCUT2D eigenvalue weighted by atomic mass is 10.2. The van der Waals surface area contributed by atoms with Crippen molar-refractivity contribution in [3.63, 3.8) is 0 Å². The Morgan fingerprint density at radius 3 is 2.58 bits per heavy atom. The van der Waals surface area contributed by atoms with E-state index >= 15 is 0 Å². The Kier molecular flexibility index (Phi) is 6.13. The fourth-order valence-electron chi connectivity index (χ4n) is 2.36. The van der Waals surface area contributed by atoms with Gasteiger partial charge in [-0.1, -0.05) is 18.6 Å². The topological polar surface area (TPSA) is 184 Å². The van der Waals surface area contributed by atoms with Crippen LogP contribution in [0.25, 0.3) is 10.8 Å². The quantitative estimate of drug-likeness (QED) is 0.315. The van der Waals surface area contributed by atoms with Crippen molar-refractivity contribution >= 4 is 35.8 Å². The van der Waals surface area contributed by atoms with Crippen molar-refractivity contribution in [2.24, 2.45) is 10.2 Å². The molecule has 1 atom stereocenters. The number of aromatic amines is 1. The Labute approximate surface area is 174 Å². The molecule has 3 heterocycles. The molecule has 0 aliphatic heterocycles. The Hall–Kier alpha value is -4.85. The summed E-state index contributed by atoms with van der Waals surface area (Å²) < 4.78 is 1.05. The minimum Gasteiger partial charge on any atom is -0.361 e. The van der Waals surface area contributed by atoms with E-state index < -0.39 is 0 Å². The third kappa shape index (κ3) is 4.13. The normalized spacial score (nSPS) is 11.6. The highest BCUT2D eigenvalue weighted by molar-refractivity contribution is 5.90. The SMILES string of the molecule is [C-]#[N+]c1c(C#N)c(N=Nc2c(C=O)nc(NC(C)CC)nc2C=O)nn1-c1ncn[nH]1. The van der Waals surface area contributed by atoms with Gasteiger partial charge in [0.05, 0.1) is 6.07 Å². The van der Waals surface area contributed by atoms with Crippen molar-refractivity contribution in [3.8, 4) is 12.0 Å². The number of azo groups is 1. The van der Waals surface area contributed by atoms with E-state index in [2.05, 4.69) is 50.6 Å². The molecule has 2 N–H and O–H groups in total. The molecule has 3 aromatic rings. The highest BCUT2D eigenvalue weighted by Gasteiger charge is 2.23. The van der Waals surface area contributed by atoms with Gasteiger partial charge < -0.3 is 10.2 Å². The minimum atomic E-state index is -0.222. The van der Waals surface area contributed by atoms with Crippen LogP contribution >= 0.6 is 0 Å². The molecular weight excluding hydrogens is 404 g/mol. The summed E-state index contributed by atoms with van der Waals surface area (Å²) in [6.45, 7) is 11.2. The Morgan fingerprint density at radius 2 is 2.06 bits per heavy atom. The molecule has 3 aromatic heterocycles. The summed E-state index contributed by atoms with van der Waals surface area (Å²) in [4.78, 5) is 38.3. The fourth-order valence-corrected chi connectivity index (χ4v) is 2.36. The van der Waals surface area contributed by atoms with Crippen LogP contribution in [0.2, 0.25) is 0 Å². The van der Waals surface area contributed by atoms with E-state index in [0.717, 1.165) is 11.1 Å². The molecule has 0 aromatic carbocycles. The van der Waals surface area contributed by atoms with Crippen LogP contribution in [-0.4, -0.2) is 53.5 Å². The summed E-state index contributed by atoms with van der Waals surface area (Å²) in [6, 6.07) is 1.85. The second-order valence-corrected chi connectivity index (χ2v) is 6.02. The van der Waals surface area contributed by atoms with Crippen LogP contribution in [0.15, 0.2) is 16.6 Å². The third-order valence-electron chi connectivity index (χ3n) is 4.06. The van der Waals surface area contributed by atoms with Gasteiger partial charge in [-0.2, -0.15) is 15.3 Å². The lowest BCUT2D eigenvalue weighted by Gasteiger charge is -2.12. The number of carbonyl (C=O) groups excluding carboxylic acids is 2. The van der Waals surface area contributed by atoms with Crippen LogP contribution in [0.5, 0.6) is 0 Å². The fraction of sp³-hybridized carbons (Fsp3) is 0.235. The second kappa shape index (κ2) is 9.10. The number of nitriles is 1. The maximum atomic E-state index is 11.5. The number of rotatable bonds is 8. The largest absolute Gasteiger partial charge is 0.361 e. The molecule has 0 saturated heterocycles. The third-order valence-corrected chi connectivity index (χ3v) is 4.06. The molecule has 1 unspecified atom stereocenters. The maximum Gasteiger partial charge on any atom is 0.327 e. The van der Waals surface area contributed by atoms with E-state index in [0.29, 0.717) is 12.6 Å². The van der Waals surface area contributed by atoms with Gasteiger partial charge in [-0.25, -0.2) is 15.1 Å². The van der Waals surface area contributed by atoms with Gasteiger partial charge in [0.2, 0.25) is 11.8 Å². The number of aromatic nitrogens is 7. The standard InChI is InChI=1S/C17H14N12O2/c1-4-9(2)22-16-23-11(6-30)13(12(7-31)24-16)25-26-14-10(5-18)15(19-3)29(28-14)17-20-8-21-27-17/h6-9H,4H2,1-2H3,(H,20,21,27)(H,22,23,24). The first kappa shape index (κ1) is 20.9. The van der Waals surface area contributed by atoms with Gasteiger partial charge in [0.25, 0.3) is 5.82 Å². The van der Waals surface area contributed by atoms with E-state index in [4.69, 9.17) is 6.57 Å². The van der Waals surface area contributed by atoms with Crippen molar-refractivity contribution in [3.05, 3.63) is 34.7 Å². The van der Waals surface area contributed by atoms with Gasteiger partial charge in [-0.3, -0.25) is 9.59 Å². The predicted molar refractivity (Wildman–Crippen MR) is 105 cm³/mol. The van der Waals surface area contributed by atoms with Crippen LogP contribution in [0.3, 0.4) is 0 Å². The molecule has 14 heteroatoms. The maximum absolute atomic E-state index is 11.5. The summed E-state index contributed by atoms with van der Waals surface area (Å²) in [5.41, 5.74) is -0.718. The second-order valence-electron chi connectivity index (χ2n) is 6.02. The average Bonchev–Trinajstić information content (AvgIpc) is 3.44. The van der Waals surface area contributed by atoms with E-state index in [9.17, 15) is 14.9 Å². The number of aldehydes is 2. The molecule has 0 aliphatic rings. The van der Waals surface area contributed by atoms with E-state index in [1.54, 1.807) is 0 Å². The molecular formula is C17H14N12O2. The van der Waals surface area contributed by atoms with Crippen molar-refractivity contribution < 1.29 is 9.59 Å². The molecule has 0 aliphatic carbocycles. The number of anilines is 1. The van der Waals surface area contributed by atoms with Gasteiger partial charge in [0.1, 0.15) is 29.0 Å². The van der Waals surface area contributed by atoms with Gasteiger partial charge >= 0.3 is 5.95 Å². The summed E-state index contributed by atoms with van der Waals surface area (Å²) in [6.07, 6.45) is 2.80. The molecule has 0 fully saturated rings. The lowest BCUT2D eigenvalue weighted by molar-refractivity contribution is 0.111. The molecule has 0 bridgehead atoms. The van der Waals surface area contributed by atoms with Crippen LogP contribution < -0.4 is 5.32 Å². The van der Waals surface area contributed by atoms with E-state index in [1.807, 2.05) is 19.9 Å². The molecule has 3 rings (SSSR count). The van der Waals surface area contributed by atoms with Crippen molar-refractivity contribution in [1.82, 2.24) is 34.9 Å². The van der Waals surface area contributed by atoms with Gasteiger partial charge in [-0.15, -0.1) is 14.9 Å². The molecule has 0 saturated carbocycles. The molecule has 31 heavy (non-hydrogen) atoms. The Morgan fingerprint density at radius 1 is 1.35 bits per heavy atom. The zero-order valence-corrected chi connectivity index (χ0v) is 16.3. The van der Waals surface area contributed by atoms with Gasteiger partial charge in [-0.05, 0) is 13.3 Å². The summed E-state index contributed by atoms with van der Waals surface area (Å²) >= 11 is 0. The van der Waals surface area contributed by atoms with Crippen molar-refractivity contribution in [2.75, 3.05) is 5.32 Å².